The topological polar surface area (TPSA) is 39.4 Å². The molecule has 0 aliphatic carbocycles. The van der Waals surface area contributed by atoms with E-state index in [0.717, 1.165) is 18.8 Å². The van der Waals surface area contributed by atoms with Gasteiger partial charge in [-0.25, -0.2) is 4.99 Å². The van der Waals surface area contributed by atoms with Gasteiger partial charge in [0.25, 0.3) is 0 Å². The molecule has 3 nitrogen and oxygen atoms in total. The quantitative estimate of drug-likeness (QED) is 0.772. The summed E-state index contributed by atoms with van der Waals surface area (Å²) >= 11 is 5.88. The van der Waals surface area contributed by atoms with E-state index >= 15 is 0 Å². The molecule has 2 rings (SSSR count). The van der Waals surface area contributed by atoms with Gasteiger partial charge in [-0.05, 0) is 31.0 Å². The van der Waals surface area contributed by atoms with Gasteiger partial charge in [-0.3, -0.25) is 0 Å². The summed E-state index contributed by atoms with van der Waals surface area (Å²) in [6.07, 6.45) is 4.60. The summed E-state index contributed by atoms with van der Waals surface area (Å²) in [7, 11) is 2.06. The average Bonchev–Trinajstić information content (AvgIpc) is 2.57. The second kappa shape index (κ2) is 5.88. The van der Waals surface area contributed by atoms with E-state index in [9.17, 15) is 0 Å². The number of amidine groups is 1. The van der Waals surface area contributed by atoms with Crippen molar-refractivity contribution in [2.45, 2.75) is 25.7 Å². The molecule has 0 spiro atoms. The molecule has 1 aromatic rings. The van der Waals surface area contributed by atoms with Crippen molar-refractivity contribution in [2.24, 2.45) is 4.99 Å². The van der Waals surface area contributed by atoms with Crippen molar-refractivity contribution in [2.75, 3.05) is 13.6 Å². The summed E-state index contributed by atoms with van der Waals surface area (Å²) in [4.78, 5) is 6.82. The van der Waals surface area contributed by atoms with Crippen LogP contribution in [-0.2, 0) is 0 Å². The van der Waals surface area contributed by atoms with E-state index in [2.05, 4.69) is 23.0 Å². The standard InChI is InChI=1S/C14H16ClN3/c1-18-8-4-2-3-5-14(18)17-13-7-6-12(15)9-11(13)10-16/h6-7,9H,2-5,8H2,1H3. The first-order valence-corrected chi connectivity index (χ1v) is 6.57. The summed E-state index contributed by atoms with van der Waals surface area (Å²) in [5, 5.41) is 9.68. The molecule has 1 heterocycles. The molecule has 94 valence electrons. The summed E-state index contributed by atoms with van der Waals surface area (Å²) in [6, 6.07) is 7.40. The molecule has 1 aromatic carbocycles. The lowest BCUT2D eigenvalue weighted by molar-refractivity contribution is 0.494. The smallest absolute Gasteiger partial charge is 0.105 e. The van der Waals surface area contributed by atoms with Crippen LogP contribution >= 0.6 is 11.6 Å². The maximum atomic E-state index is 9.10. The van der Waals surface area contributed by atoms with Crippen LogP contribution in [0.2, 0.25) is 5.02 Å². The van der Waals surface area contributed by atoms with Crippen molar-refractivity contribution < 1.29 is 0 Å². The molecule has 4 heteroatoms. The number of rotatable bonds is 1. The molecule has 0 bridgehead atoms. The molecule has 0 amide bonds. The summed E-state index contributed by atoms with van der Waals surface area (Å²) < 4.78 is 0. The van der Waals surface area contributed by atoms with Gasteiger partial charge in [0, 0.05) is 25.0 Å². The first-order valence-electron chi connectivity index (χ1n) is 6.19. The third kappa shape index (κ3) is 3.02. The van der Waals surface area contributed by atoms with Crippen LogP contribution in [-0.4, -0.2) is 24.3 Å². The fraction of sp³-hybridized carbons (Fsp3) is 0.429. The molecule has 1 aliphatic rings. The fourth-order valence-electron chi connectivity index (χ4n) is 2.10. The van der Waals surface area contributed by atoms with Crippen molar-refractivity contribution in [3.05, 3.63) is 28.8 Å². The SMILES string of the molecule is CN1CCCCCC1=Nc1ccc(Cl)cc1C#N. The van der Waals surface area contributed by atoms with E-state index in [1.807, 2.05) is 6.07 Å². The molecular formula is C14H16ClN3. The third-order valence-electron chi connectivity index (χ3n) is 3.16. The molecule has 1 saturated heterocycles. The molecule has 0 radical (unpaired) electrons. The molecule has 0 saturated carbocycles. The summed E-state index contributed by atoms with van der Waals surface area (Å²) in [6.45, 7) is 1.04. The number of likely N-dealkylation sites (tertiary alicyclic amines) is 1. The Balaban J connectivity index is 2.34. The van der Waals surface area contributed by atoms with Crippen molar-refractivity contribution in [1.82, 2.24) is 4.90 Å². The molecule has 0 atom stereocenters. The van der Waals surface area contributed by atoms with Crippen LogP contribution in [0.4, 0.5) is 5.69 Å². The number of hydrogen-bond acceptors (Lipinski definition) is 2. The van der Waals surface area contributed by atoms with Gasteiger partial charge < -0.3 is 4.90 Å². The maximum Gasteiger partial charge on any atom is 0.105 e. The van der Waals surface area contributed by atoms with E-state index in [0.29, 0.717) is 16.3 Å². The average molecular weight is 262 g/mol. The highest BCUT2D eigenvalue weighted by atomic mass is 35.5. The van der Waals surface area contributed by atoms with Crippen LogP contribution in [0.15, 0.2) is 23.2 Å². The summed E-state index contributed by atoms with van der Waals surface area (Å²) in [5.74, 6) is 1.06. The lowest BCUT2D eigenvalue weighted by atomic mass is 10.2. The molecule has 0 unspecified atom stereocenters. The Bertz CT molecular complexity index is 502. The van der Waals surface area contributed by atoms with E-state index in [-0.39, 0.29) is 0 Å². The van der Waals surface area contributed by atoms with E-state index in [1.54, 1.807) is 12.1 Å². The number of nitrogens with zero attached hydrogens (tertiary/aromatic N) is 3. The van der Waals surface area contributed by atoms with Gasteiger partial charge in [-0.1, -0.05) is 18.0 Å². The Labute approximate surface area is 113 Å². The predicted octanol–water partition coefficient (Wildman–Crippen LogP) is 3.75. The highest BCUT2D eigenvalue weighted by molar-refractivity contribution is 6.30. The van der Waals surface area contributed by atoms with E-state index in [4.69, 9.17) is 16.9 Å². The number of halogens is 1. The Morgan fingerprint density at radius 2 is 2.17 bits per heavy atom. The Kier molecular flexibility index (Phi) is 4.22. The monoisotopic (exact) mass is 261 g/mol. The number of aliphatic imine (C=N–C) groups is 1. The van der Waals surface area contributed by atoms with E-state index in [1.165, 1.54) is 19.3 Å². The highest BCUT2D eigenvalue weighted by Crippen LogP contribution is 2.24. The van der Waals surface area contributed by atoms with Gasteiger partial charge in [-0.15, -0.1) is 0 Å². The Morgan fingerprint density at radius 1 is 1.33 bits per heavy atom. The van der Waals surface area contributed by atoms with Crippen LogP contribution < -0.4 is 0 Å². The Morgan fingerprint density at radius 3 is 2.94 bits per heavy atom. The van der Waals surface area contributed by atoms with Crippen LogP contribution in [0.5, 0.6) is 0 Å². The van der Waals surface area contributed by atoms with Crippen LogP contribution in [0.1, 0.15) is 31.2 Å². The van der Waals surface area contributed by atoms with Crippen LogP contribution in [0.3, 0.4) is 0 Å². The zero-order valence-corrected chi connectivity index (χ0v) is 11.2. The zero-order chi connectivity index (χ0) is 13.0. The number of nitriles is 1. The van der Waals surface area contributed by atoms with Crippen LogP contribution in [0.25, 0.3) is 0 Å². The first kappa shape index (κ1) is 12.9. The first-order chi connectivity index (χ1) is 8.70. The minimum Gasteiger partial charge on any atom is -0.363 e. The maximum absolute atomic E-state index is 9.10. The van der Waals surface area contributed by atoms with Gasteiger partial charge in [0.05, 0.1) is 11.3 Å². The molecular weight excluding hydrogens is 246 g/mol. The lowest BCUT2D eigenvalue weighted by Gasteiger charge is -2.18. The molecule has 18 heavy (non-hydrogen) atoms. The van der Waals surface area contributed by atoms with Gasteiger partial charge in [0.15, 0.2) is 0 Å². The highest BCUT2D eigenvalue weighted by Gasteiger charge is 2.12. The minimum absolute atomic E-state index is 0.535. The van der Waals surface area contributed by atoms with Crippen molar-refractivity contribution >= 4 is 23.1 Å². The van der Waals surface area contributed by atoms with Gasteiger partial charge in [-0.2, -0.15) is 5.26 Å². The molecule has 0 N–H and O–H groups in total. The third-order valence-corrected chi connectivity index (χ3v) is 3.40. The molecule has 1 aliphatic heterocycles. The number of benzene rings is 1. The van der Waals surface area contributed by atoms with Gasteiger partial charge in [0.1, 0.15) is 11.9 Å². The Hall–Kier alpha value is -1.53. The predicted molar refractivity (Wildman–Crippen MR) is 74.4 cm³/mol. The molecule has 0 aromatic heterocycles. The largest absolute Gasteiger partial charge is 0.363 e. The van der Waals surface area contributed by atoms with Crippen LogP contribution in [0, 0.1) is 11.3 Å². The molecule has 1 fully saturated rings. The second-order valence-electron chi connectivity index (χ2n) is 4.53. The van der Waals surface area contributed by atoms with Gasteiger partial charge >= 0.3 is 0 Å². The normalized spacial score (nSPS) is 18.5. The second-order valence-corrected chi connectivity index (χ2v) is 4.97. The lowest BCUT2D eigenvalue weighted by Crippen LogP contribution is -2.25. The fourth-order valence-corrected chi connectivity index (χ4v) is 2.28. The van der Waals surface area contributed by atoms with Crippen molar-refractivity contribution in [3.8, 4) is 6.07 Å². The zero-order valence-electron chi connectivity index (χ0n) is 10.5. The van der Waals surface area contributed by atoms with E-state index < -0.39 is 0 Å². The summed E-state index contributed by atoms with van der Waals surface area (Å²) in [5.41, 5.74) is 1.25. The van der Waals surface area contributed by atoms with Gasteiger partial charge in [0.2, 0.25) is 0 Å². The van der Waals surface area contributed by atoms with Crippen molar-refractivity contribution in [1.29, 1.82) is 5.26 Å². The number of hydrogen-bond donors (Lipinski definition) is 0. The van der Waals surface area contributed by atoms with Crippen molar-refractivity contribution in [3.63, 3.8) is 0 Å². The minimum atomic E-state index is 0.535.